The summed E-state index contributed by atoms with van der Waals surface area (Å²) in [5.74, 6) is 0.0590. The van der Waals surface area contributed by atoms with E-state index in [0.29, 0.717) is 12.1 Å². The van der Waals surface area contributed by atoms with Gasteiger partial charge in [0.2, 0.25) is 0 Å². The molecular formula is C18H26N4O2. The van der Waals surface area contributed by atoms with E-state index in [2.05, 4.69) is 11.7 Å². The topological polar surface area (TPSA) is 71.2 Å². The maximum Gasteiger partial charge on any atom is 0.255 e. The number of aliphatic hydroxyl groups is 1. The highest BCUT2D eigenvalue weighted by Gasteiger charge is 2.22. The van der Waals surface area contributed by atoms with Crippen molar-refractivity contribution in [2.75, 3.05) is 19.7 Å². The van der Waals surface area contributed by atoms with Crippen molar-refractivity contribution >= 4 is 16.9 Å². The van der Waals surface area contributed by atoms with E-state index < -0.39 is 0 Å². The number of aromatic nitrogens is 3. The maximum atomic E-state index is 13.0. The van der Waals surface area contributed by atoms with Gasteiger partial charge in [-0.25, -0.2) is 9.67 Å². The second kappa shape index (κ2) is 7.57. The van der Waals surface area contributed by atoms with Crippen LogP contribution in [0.3, 0.4) is 0 Å². The van der Waals surface area contributed by atoms with Gasteiger partial charge in [0.1, 0.15) is 0 Å². The van der Waals surface area contributed by atoms with Gasteiger partial charge in [0.05, 0.1) is 23.8 Å². The van der Waals surface area contributed by atoms with Crippen LogP contribution in [0.1, 0.15) is 55.7 Å². The molecule has 0 atom stereocenters. The maximum absolute atomic E-state index is 13.0. The molecule has 2 aromatic rings. The fraction of sp³-hybridized carbons (Fsp3) is 0.500. The minimum atomic E-state index is -0.137. The molecule has 0 saturated heterocycles. The summed E-state index contributed by atoms with van der Waals surface area (Å²) in [6, 6.07) is 2.00. The number of rotatable bonds is 7. The first-order chi connectivity index (χ1) is 11.4. The SMILES string of the molecule is C=CCN(CCO)C(=O)c1cc(C(C)C)nc2c1cnn2C(C)C. The van der Waals surface area contributed by atoms with Crippen LogP contribution < -0.4 is 0 Å². The van der Waals surface area contributed by atoms with Gasteiger partial charge in [0.15, 0.2) is 5.65 Å². The predicted molar refractivity (Wildman–Crippen MR) is 95.2 cm³/mol. The number of aliphatic hydroxyl groups excluding tert-OH is 1. The molecule has 0 unspecified atom stereocenters. The molecule has 1 N–H and O–H groups in total. The number of pyridine rings is 1. The van der Waals surface area contributed by atoms with Gasteiger partial charge in [-0.1, -0.05) is 19.9 Å². The Morgan fingerprint density at radius 1 is 1.42 bits per heavy atom. The van der Waals surface area contributed by atoms with E-state index in [-0.39, 0.29) is 31.0 Å². The zero-order valence-electron chi connectivity index (χ0n) is 14.9. The third-order valence-electron chi connectivity index (χ3n) is 3.90. The molecule has 1 amide bonds. The van der Waals surface area contributed by atoms with E-state index in [1.54, 1.807) is 17.2 Å². The van der Waals surface area contributed by atoms with Gasteiger partial charge in [-0.3, -0.25) is 4.79 Å². The van der Waals surface area contributed by atoms with E-state index in [9.17, 15) is 9.90 Å². The molecule has 0 spiro atoms. The molecule has 6 heteroatoms. The van der Waals surface area contributed by atoms with Gasteiger partial charge in [-0.2, -0.15) is 5.10 Å². The Bertz CT molecular complexity index is 734. The van der Waals surface area contributed by atoms with Gasteiger partial charge >= 0.3 is 0 Å². The molecule has 2 heterocycles. The lowest BCUT2D eigenvalue weighted by atomic mass is 10.0. The van der Waals surface area contributed by atoms with E-state index >= 15 is 0 Å². The lowest BCUT2D eigenvalue weighted by Crippen LogP contribution is -2.34. The molecule has 2 rings (SSSR count). The van der Waals surface area contributed by atoms with Crippen molar-refractivity contribution in [1.82, 2.24) is 19.7 Å². The Balaban J connectivity index is 2.63. The average Bonchev–Trinajstić information content (AvgIpc) is 2.97. The van der Waals surface area contributed by atoms with Gasteiger partial charge in [0.25, 0.3) is 5.91 Å². The highest BCUT2D eigenvalue weighted by molar-refractivity contribution is 6.05. The van der Waals surface area contributed by atoms with Crippen molar-refractivity contribution in [3.63, 3.8) is 0 Å². The zero-order chi connectivity index (χ0) is 17.9. The van der Waals surface area contributed by atoms with Crippen LogP contribution in [-0.2, 0) is 0 Å². The monoisotopic (exact) mass is 330 g/mol. The molecular weight excluding hydrogens is 304 g/mol. The van der Waals surface area contributed by atoms with Crippen molar-refractivity contribution in [1.29, 1.82) is 0 Å². The van der Waals surface area contributed by atoms with E-state index in [0.717, 1.165) is 16.7 Å². The molecule has 0 fully saturated rings. The zero-order valence-corrected chi connectivity index (χ0v) is 14.9. The molecule has 0 aliphatic heterocycles. The minimum Gasteiger partial charge on any atom is -0.395 e. The summed E-state index contributed by atoms with van der Waals surface area (Å²) in [7, 11) is 0. The minimum absolute atomic E-state index is 0.0872. The lowest BCUT2D eigenvalue weighted by Gasteiger charge is -2.21. The fourth-order valence-electron chi connectivity index (χ4n) is 2.61. The summed E-state index contributed by atoms with van der Waals surface area (Å²) < 4.78 is 1.84. The van der Waals surface area contributed by atoms with Gasteiger partial charge in [-0.15, -0.1) is 6.58 Å². The highest BCUT2D eigenvalue weighted by Crippen LogP contribution is 2.25. The molecule has 0 radical (unpaired) electrons. The molecule has 24 heavy (non-hydrogen) atoms. The first-order valence-electron chi connectivity index (χ1n) is 8.29. The van der Waals surface area contributed by atoms with E-state index in [1.807, 2.05) is 38.4 Å². The number of fused-ring (bicyclic) bond motifs is 1. The number of hydrogen-bond donors (Lipinski definition) is 1. The molecule has 0 bridgehead atoms. The fourth-order valence-corrected chi connectivity index (χ4v) is 2.61. The van der Waals surface area contributed by atoms with Crippen LogP contribution in [0.15, 0.2) is 24.9 Å². The summed E-state index contributed by atoms with van der Waals surface area (Å²) in [4.78, 5) is 19.3. The van der Waals surface area contributed by atoms with Crippen molar-refractivity contribution in [3.05, 3.63) is 36.2 Å². The van der Waals surface area contributed by atoms with Crippen molar-refractivity contribution in [3.8, 4) is 0 Å². The molecule has 2 aromatic heterocycles. The lowest BCUT2D eigenvalue weighted by molar-refractivity contribution is 0.0744. The number of nitrogens with zero attached hydrogens (tertiary/aromatic N) is 4. The van der Waals surface area contributed by atoms with Crippen LogP contribution in [0.4, 0.5) is 0 Å². The summed E-state index contributed by atoms with van der Waals surface area (Å²) in [6.07, 6.45) is 3.36. The van der Waals surface area contributed by atoms with Crippen LogP contribution in [0.25, 0.3) is 11.0 Å². The average molecular weight is 330 g/mol. The van der Waals surface area contributed by atoms with Crippen LogP contribution in [0, 0.1) is 0 Å². The Labute approximate surface area is 142 Å². The number of hydrogen-bond acceptors (Lipinski definition) is 4. The van der Waals surface area contributed by atoms with Crippen molar-refractivity contribution < 1.29 is 9.90 Å². The van der Waals surface area contributed by atoms with Crippen LogP contribution in [0.2, 0.25) is 0 Å². The third-order valence-corrected chi connectivity index (χ3v) is 3.90. The quantitative estimate of drug-likeness (QED) is 0.793. The Morgan fingerprint density at radius 2 is 2.12 bits per heavy atom. The summed E-state index contributed by atoms with van der Waals surface area (Å²) in [6.45, 7) is 12.4. The van der Waals surface area contributed by atoms with E-state index in [4.69, 9.17) is 4.98 Å². The summed E-state index contributed by atoms with van der Waals surface area (Å²) >= 11 is 0. The van der Waals surface area contributed by atoms with Crippen LogP contribution >= 0.6 is 0 Å². The first-order valence-corrected chi connectivity index (χ1v) is 8.29. The van der Waals surface area contributed by atoms with E-state index in [1.165, 1.54) is 0 Å². The first kappa shape index (κ1) is 18.1. The third kappa shape index (κ3) is 3.48. The number of carbonyl (C=O) groups excluding carboxylic acids is 1. The number of amides is 1. The molecule has 0 saturated carbocycles. The molecule has 130 valence electrons. The largest absolute Gasteiger partial charge is 0.395 e. The van der Waals surface area contributed by atoms with Crippen molar-refractivity contribution in [2.45, 2.75) is 39.7 Å². The van der Waals surface area contributed by atoms with Crippen molar-refractivity contribution in [2.24, 2.45) is 0 Å². The Morgan fingerprint density at radius 3 is 2.67 bits per heavy atom. The Hall–Kier alpha value is -2.21. The smallest absolute Gasteiger partial charge is 0.255 e. The van der Waals surface area contributed by atoms with Gasteiger partial charge in [-0.05, 0) is 25.8 Å². The second-order valence-electron chi connectivity index (χ2n) is 6.43. The standard InChI is InChI=1S/C18H26N4O2/c1-6-7-21(8-9-23)18(24)14-10-16(12(2)3)20-17-15(14)11-19-22(17)13(4)5/h6,10-13,23H,1,7-9H2,2-5H3. The van der Waals surface area contributed by atoms with Crippen LogP contribution in [0.5, 0.6) is 0 Å². The molecule has 0 aromatic carbocycles. The summed E-state index contributed by atoms with van der Waals surface area (Å²) in [5.41, 5.74) is 2.16. The molecule has 0 aliphatic rings. The normalized spacial score (nSPS) is 11.5. The summed E-state index contributed by atoms with van der Waals surface area (Å²) in [5, 5.41) is 14.4. The Kier molecular flexibility index (Phi) is 5.72. The van der Waals surface area contributed by atoms with Gasteiger partial charge < -0.3 is 10.0 Å². The predicted octanol–water partition coefficient (Wildman–Crippen LogP) is 2.76. The van der Waals surface area contributed by atoms with Gasteiger partial charge in [0, 0.05) is 24.8 Å². The van der Waals surface area contributed by atoms with Crippen LogP contribution in [-0.4, -0.2) is 50.4 Å². The highest BCUT2D eigenvalue weighted by atomic mass is 16.3. The molecule has 6 nitrogen and oxygen atoms in total. The molecule has 0 aliphatic carbocycles. The second-order valence-corrected chi connectivity index (χ2v) is 6.43. The number of carbonyl (C=O) groups is 1.